The van der Waals surface area contributed by atoms with Crippen molar-refractivity contribution in [2.75, 3.05) is 0 Å². The normalized spacial score (nSPS) is 10.0. The van der Waals surface area contributed by atoms with Crippen molar-refractivity contribution >= 4 is 0 Å². The molecule has 0 amide bonds. The van der Waals surface area contributed by atoms with Gasteiger partial charge >= 0.3 is 0 Å². The van der Waals surface area contributed by atoms with Crippen molar-refractivity contribution in [1.29, 1.82) is 0 Å². The number of nitrogens with zero attached hydrogens (tertiary/aromatic N) is 4. The minimum Gasteiger partial charge on any atom is -0.421 e. The van der Waals surface area contributed by atoms with Crippen LogP contribution in [-0.4, -0.2) is 20.6 Å². The van der Waals surface area contributed by atoms with Crippen LogP contribution in [0.4, 0.5) is 0 Å². The van der Waals surface area contributed by atoms with Crippen LogP contribution in [0.25, 0.3) is 11.7 Å². The predicted octanol–water partition coefficient (Wildman–Crippen LogP) is -0.0802. The van der Waals surface area contributed by atoms with Gasteiger partial charge in [-0.3, -0.25) is 0 Å². The highest BCUT2D eigenvalue weighted by molar-refractivity contribution is 5.37. The fraction of sp³-hybridized carbons (Fsp3) is 0. The van der Waals surface area contributed by atoms with Crippen molar-refractivity contribution in [2.45, 2.75) is 0 Å². The lowest BCUT2D eigenvalue weighted by Crippen LogP contribution is -1.72. The third-order valence-corrected chi connectivity index (χ3v) is 0.879. The minimum atomic E-state index is 0.227. The molecule has 0 N–H and O–H groups in total. The third kappa shape index (κ3) is 0.661. The molecule has 2 rings (SSSR count). The van der Waals surface area contributed by atoms with Crippen molar-refractivity contribution in [3.8, 4) is 11.7 Å². The molecule has 0 saturated carbocycles. The second-order valence-corrected chi connectivity index (χ2v) is 1.46. The number of hydrogen-bond acceptors (Lipinski definition) is 6. The molecule has 0 unspecified atom stereocenters. The molecule has 0 aromatic carbocycles. The molecular weight excluding hydrogens is 136 g/mol. The summed E-state index contributed by atoms with van der Waals surface area (Å²) in [6.07, 6.45) is 3.60. The van der Waals surface area contributed by atoms with E-state index in [4.69, 9.17) is 4.42 Å². The summed E-state index contributed by atoms with van der Waals surface area (Å²) >= 11 is 0. The maximum Gasteiger partial charge on any atom is 0.288 e. The second-order valence-electron chi connectivity index (χ2n) is 1.46. The summed E-state index contributed by atoms with van der Waals surface area (Å²) in [6.45, 7) is 0. The molecule has 49 valence electrons. The molecule has 0 aliphatic rings. The van der Waals surface area contributed by atoms with Crippen LogP contribution >= 0.6 is 0 Å². The Morgan fingerprint density at radius 3 is 3.10 bits per heavy atom. The first-order chi connectivity index (χ1) is 4.97. The highest BCUT2D eigenvalue weighted by Crippen LogP contribution is 2.11. The Labute approximate surface area is 54.8 Å². The Bertz CT molecular complexity index is 255. The summed E-state index contributed by atoms with van der Waals surface area (Å²) in [6, 6.07) is 0. The average Bonchev–Trinajstić information content (AvgIpc) is 2.59. The lowest BCUT2D eigenvalue weighted by atomic mass is 10.5. The number of aromatic nitrogens is 4. The maximum atomic E-state index is 4.75. The standard InChI is InChI=1S/C4HN4O2/c1-3(10-8-5-1)4-7-6-2-9-4/h2H. The van der Waals surface area contributed by atoms with Gasteiger partial charge in [0.2, 0.25) is 6.39 Å². The molecule has 6 nitrogen and oxygen atoms in total. The van der Waals surface area contributed by atoms with Gasteiger partial charge in [0, 0.05) is 5.27 Å². The highest BCUT2D eigenvalue weighted by Gasteiger charge is 2.07. The maximum absolute atomic E-state index is 4.75. The molecule has 0 spiro atoms. The van der Waals surface area contributed by atoms with Crippen molar-refractivity contribution in [3.63, 3.8) is 0 Å². The van der Waals surface area contributed by atoms with Crippen LogP contribution < -0.4 is 0 Å². The van der Waals surface area contributed by atoms with Gasteiger partial charge in [-0.15, -0.1) is 15.3 Å². The fourth-order valence-electron chi connectivity index (χ4n) is 0.506. The molecule has 10 heavy (non-hydrogen) atoms. The predicted molar refractivity (Wildman–Crippen MR) is 26.4 cm³/mol. The van der Waals surface area contributed by atoms with Gasteiger partial charge in [-0.05, 0) is 0 Å². The highest BCUT2D eigenvalue weighted by atomic mass is 16.5. The van der Waals surface area contributed by atoms with Gasteiger partial charge in [0.25, 0.3) is 11.7 Å². The van der Waals surface area contributed by atoms with Crippen LogP contribution in [0.3, 0.4) is 0 Å². The number of rotatable bonds is 1. The molecule has 2 aromatic rings. The Hall–Kier alpha value is -1.72. The van der Waals surface area contributed by atoms with Crippen LogP contribution in [0.5, 0.6) is 0 Å². The van der Waals surface area contributed by atoms with Crippen LogP contribution in [0, 0.1) is 6.20 Å². The smallest absolute Gasteiger partial charge is 0.288 e. The zero-order valence-corrected chi connectivity index (χ0v) is 4.68. The van der Waals surface area contributed by atoms with Crippen molar-refractivity contribution < 1.29 is 8.94 Å². The van der Waals surface area contributed by atoms with Gasteiger partial charge in [-0.2, -0.15) is 0 Å². The van der Waals surface area contributed by atoms with Crippen LogP contribution in [0.1, 0.15) is 0 Å². The van der Waals surface area contributed by atoms with E-state index in [1.807, 2.05) is 0 Å². The molecule has 0 saturated heterocycles. The molecule has 0 fully saturated rings. The van der Waals surface area contributed by atoms with Gasteiger partial charge < -0.3 is 8.94 Å². The zero-order valence-electron chi connectivity index (χ0n) is 4.68. The first-order valence-corrected chi connectivity index (χ1v) is 2.43. The van der Waals surface area contributed by atoms with Gasteiger partial charge in [-0.25, -0.2) is 0 Å². The summed E-state index contributed by atoms with van der Waals surface area (Å²) in [4.78, 5) is 0. The third-order valence-electron chi connectivity index (χ3n) is 0.879. The van der Waals surface area contributed by atoms with E-state index in [-0.39, 0.29) is 11.7 Å². The largest absolute Gasteiger partial charge is 0.421 e. The quantitative estimate of drug-likeness (QED) is 0.547. The molecular formula is C4HN4O2. The van der Waals surface area contributed by atoms with Crippen molar-refractivity contribution in [2.24, 2.45) is 0 Å². The van der Waals surface area contributed by atoms with E-state index in [9.17, 15) is 0 Å². The molecule has 2 heterocycles. The molecule has 0 atom stereocenters. The summed E-state index contributed by atoms with van der Waals surface area (Å²) in [5.74, 6) is 0.475. The van der Waals surface area contributed by atoms with Gasteiger partial charge in [0.15, 0.2) is 6.20 Å². The topological polar surface area (TPSA) is 77.8 Å². The summed E-state index contributed by atoms with van der Waals surface area (Å²) < 4.78 is 9.32. The molecule has 1 radical (unpaired) electrons. The van der Waals surface area contributed by atoms with E-state index in [1.165, 1.54) is 6.39 Å². The minimum absolute atomic E-state index is 0.227. The number of hydrogen-bond donors (Lipinski definition) is 0. The van der Waals surface area contributed by atoms with E-state index >= 15 is 0 Å². The van der Waals surface area contributed by atoms with E-state index in [1.54, 1.807) is 0 Å². The molecule has 2 aromatic heterocycles. The summed E-state index contributed by atoms with van der Waals surface area (Å²) in [5, 5.41) is 13.4. The van der Waals surface area contributed by atoms with Crippen LogP contribution in [0.15, 0.2) is 15.3 Å². The van der Waals surface area contributed by atoms with Gasteiger partial charge in [0.05, 0.1) is 0 Å². The Kier molecular flexibility index (Phi) is 0.970. The first-order valence-electron chi connectivity index (χ1n) is 2.43. The summed E-state index contributed by atoms with van der Waals surface area (Å²) in [7, 11) is 0. The summed E-state index contributed by atoms with van der Waals surface area (Å²) in [5.41, 5.74) is 0. The van der Waals surface area contributed by atoms with Gasteiger partial charge in [-0.1, -0.05) is 0 Å². The Morgan fingerprint density at radius 2 is 2.50 bits per heavy atom. The van der Waals surface area contributed by atoms with Gasteiger partial charge in [0.1, 0.15) is 0 Å². The average molecular weight is 137 g/mol. The van der Waals surface area contributed by atoms with E-state index in [0.717, 1.165) is 0 Å². The zero-order chi connectivity index (χ0) is 6.81. The molecule has 6 heteroatoms. The van der Waals surface area contributed by atoms with Crippen LogP contribution in [0.2, 0.25) is 0 Å². The van der Waals surface area contributed by atoms with Crippen LogP contribution in [-0.2, 0) is 0 Å². The Balaban J connectivity index is 2.48. The fourth-order valence-corrected chi connectivity index (χ4v) is 0.506. The van der Waals surface area contributed by atoms with E-state index in [0.29, 0.717) is 0 Å². The van der Waals surface area contributed by atoms with Crippen molar-refractivity contribution in [1.82, 2.24) is 20.6 Å². The van der Waals surface area contributed by atoms with E-state index < -0.39 is 0 Å². The van der Waals surface area contributed by atoms with Crippen molar-refractivity contribution in [3.05, 3.63) is 12.6 Å². The molecule has 0 aliphatic carbocycles. The molecule has 0 bridgehead atoms. The van der Waals surface area contributed by atoms with E-state index in [2.05, 4.69) is 31.3 Å². The Morgan fingerprint density at radius 1 is 1.50 bits per heavy atom. The first kappa shape index (κ1) is 5.10. The second kappa shape index (κ2) is 1.90. The lowest BCUT2D eigenvalue weighted by molar-refractivity contribution is 0.391. The monoisotopic (exact) mass is 137 g/mol. The SMILES string of the molecule is [c]1nnoc1-c1nnco1. The molecule has 0 aliphatic heterocycles. The lowest BCUT2D eigenvalue weighted by Gasteiger charge is -1.76.